The minimum absolute atomic E-state index is 0.243. The number of ether oxygens (including phenoxy) is 1. The van der Waals surface area contributed by atoms with Crippen molar-refractivity contribution in [2.45, 2.75) is 44.1 Å². The van der Waals surface area contributed by atoms with Crippen LogP contribution in [0.3, 0.4) is 0 Å². The Morgan fingerprint density at radius 3 is 2.67 bits per heavy atom. The molecule has 1 aromatic rings. The topological polar surface area (TPSA) is 75.6 Å². The summed E-state index contributed by atoms with van der Waals surface area (Å²) < 4.78 is 5.23. The van der Waals surface area contributed by atoms with Crippen LogP contribution in [-0.2, 0) is 22.4 Å². The highest BCUT2D eigenvalue weighted by Crippen LogP contribution is 2.31. The molecular weight excluding hydrogens is 290 g/mol. The Bertz CT molecular complexity index is 560. The first-order valence-corrected chi connectivity index (χ1v) is 8.23. The number of carboxylic acid groups (broad SMARTS) is 1. The zero-order valence-corrected chi connectivity index (χ0v) is 12.6. The zero-order chi connectivity index (χ0) is 14.9. The second-order valence-electron chi connectivity index (χ2n) is 5.73. The van der Waals surface area contributed by atoms with Crippen molar-refractivity contribution >= 4 is 23.2 Å². The normalized spacial score (nSPS) is 20.6. The van der Waals surface area contributed by atoms with Crippen molar-refractivity contribution in [1.29, 1.82) is 0 Å². The Morgan fingerprint density at radius 2 is 1.95 bits per heavy atom. The predicted octanol–water partition coefficient (Wildman–Crippen LogP) is 1.99. The lowest BCUT2D eigenvalue weighted by atomic mass is 9.89. The van der Waals surface area contributed by atoms with E-state index in [0.717, 1.165) is 24.8 Å². The van der Waals surface area contributed by atoms with Gasteiger partial charge >= 0.3 is 5.97 Å². The molecule has 2 heterocycles. The number of aliphatic carboxylic acids is 1. The number of rotatable bonds is 3. The third kappa shape index (κ3) is 2.70. The molecule has 1 aliphatic heterocycles. The molecule has 1 fully saturated rings. The molecule has 1 amide bonds. The van der Waals surface area contributed by atoms with Gasteiger partial charge in [-0.25, -0.2) is 4.79 Å². The number of carbonyl (C=O) groups is 2. The van der Waals surface area contributed by atoms with E-state index in [1.54, 1.807) is 0 Å². The van der Waals surface area contributed by atoms with E-state index in [2.05, 4.69) is 5.32 Å². The van der Waals surface area contributed by atoms with Gasteiger partial charge in [-0.2, -0.15) is 0 Å². The molecule has 0 atom stereocenters. The third-order valence-electron chi connectivity index (χ3n) is 4.42. The molecule has 6 heteroatoms. The summed E-state index contributed by atoms with van der Waals surface area (Å²) >= 11 is 1.44. The van der Waals surface area contributed by atoms with Gasteiger partial charge < -0.3 is 15.2 Å². The van der Waals surface area contributed by atoms with Crippen molar-refractivity contribution in [1.82, 2.24) is 5.32 Å². The average molecular weight is 309 g/mol. The van der Waals surface area contributed by atoms with Gasteiger partial charge in [0.15, 0.2) is 0 Å². The largest absolute Gasteiger partial charge is 0.480 e. The maximum atomic E-state index is 12.6. The van der Waals surface area contributed by atoms with E-state index in [-0.39, 0.29) is 5.91 Å². The van der Waals surface area contributed by atoms with Crippen molar-refractivity contribution in [3.8, 4) is 0 Å². The summed E-state index contributed by atoms with van der Waals surface area (Å²) in [4.78, 5) is 24.8. The van der Waals surface area contributed by atoms with Gasteiger partial charge in [0.25, 0.3) is 5.91 Å². The number of fused-ring (bicyclic) bond motifs is 1. The molecule has 1 aromatic heterocycles. The number of hydrogen-bond acceptors (Lipinski definition) is 4. The van der Waals surface area contributed by atoms with Crippen molar-refractivity contribution in [2.24, 2.45) is 0 Å². The Kier molecular flexibility index (Phi) is 3.99. The van der Waals surface area contributed by atoms with Crippen LogP contribution in [0.2, 0.25) is 0 Å². The first kappa shape index (κ1) is 14.5. The number of thiophene rings is 1. The Labute approximate surface area is 127 Å². The summed E-state index contributed by atoms with van der Waals surface area (Å²) in [5.41, 5.74) is 1.20. The molecule has 1 aliphatic carbocycles. The van der Waals surface area contributed by atoms with Crippen molar-refractivity contribution in [3.63, 3.8) is 0 Å². The molecule has 114 valence electrons. The fourth-order valence-corrected chi connectivity index (χ4v) is 4.15. The molecule has 0 bridgehead atoms. The molecule has 1 saturated heterocycles. The number of carboxylic acids is 1. The zero-order valence-electron chi connectivity index (χ0n) is 11.8. The van der Waals surface area contributed by atoms with Crippen molar-refractivity contribution < 1.29 is 19.4 Å². The van der Waals surface area contributed by atoms with Crippen LogP contribution in [-0.4, -0.2) is 35.7 Å². The fraction of sp³-hybridized carbons (Fsp3) is 0.600. The highest BCUT2D eigenvalue weighted by molar-refractivity contribution is 7.12. The standard InChI is InChI=1S/C15H19NO4S/c17-13(12-11-4-2-1-3-10(11)9-21-12)16-15(14(18)19)5-7-20-8-6-15/h9H,1-8H2,(H,16,17)(H,18,19). The molecule has 0 unspecified atom stereocenters. The van der Waals surface area contributed by atoms with Gasteiger partial charge in [0.2, 0.25) is 0 Å². The lowest BCUT2D eigenvalue weighted by Crippen LogP contribution is -2.57. The minimum Gasteiger partial charge on any atom is -0.480 e. The number of carbonyl (C=O) groups excluding carboxylic acids is 1. The van der Waals surface area contributed by atoms with E-state index in [1.807, 2.05) is 5.38 Å². The fourth-order valence-electron chi connectivity index (χ4n) is 3.10. The van der Waals surface area contributed by atoms with Gasteiger partial charge in [-0.15, -0.1) is 11.3 Å². The van der Waals surface area contributed by atoms with E-state index in [1.165, 1.54) is 23.3 Å². The number of amides is 1. The van der Waals surface area contributed by atoms with Crippen LogP contribution in [0.1, 0.15) is 46.5 Å². The van der Waals surface area contributed by atoms with E-state index in [9.17, 15) is 14.7 Å². The van der Waals surface area contributed by atoms with Crippen LogP contribution in [0.25, 0.3) is 0 Å². The van der Waals surface area contributed by atoms with Gasteiger partial charge in [-0.3, -0.25) is 4.79 Å². The summed E-state index contributed by atoms with van der Waals surface area (Å²) in [5, 5.41) is 14.3. The molecule has 2 aliphatic rings. The van der Waals surface area contributed by atoms with Gasteiger partial charge in [0.1, 0.15) is 5.54 Å². The van der Waals surface area contributed by atoms with Crippen molar-refractivity contribution in [3.05, 3.63) is 21.4 Å². The number of aryl methyl sites for hydroxylation is 1. The highest BCUT2D eigenvalue weighted by Gasteiger charge is 2.42. The van der Waals surface area contributed by atoms with Crippen LogP contribution in [0.15, 0.2) is 5.38 Å². The molecule has 0 saturated carbocycles. The summed E-state index contributed by atoms with van der Waals surface area (Å²) in [7, 11) is 0. The molecule has 0 spiro atoms. The molecular formula is C15H19NO4S. The van der Waals surface area contributed by atoms with Gasteiger partial charge in [-0.1, -0.05) is 0 Å². The molecule has 3 rings (SSSR count). The molecule has 0 radical (unpaired) electrons. The molecule has 5 nitrogen and oxygen atoms in total. The quantitative estimate of drug-likeness (QED) is 0.895. The molecule has 21 heavy (non-hydrogen) atoms. The van der Waals surface area contributed by atoms with Crippen LogP contribution in [0, 0.1) is 0 Å². The van der Waals surface area contributed by atoms with E-state index < -0.39 is 11.5 Å². The Balaban J connectivity index is 1.82. The minimum atomic E-state index is -1.18. The number of hydrogen-bond donors (Lipinski definition) is 2. The second-order valence-corrected chi connectivity index (χ2v) is 6.61. The van der Waals surface area contributed by atoms with Gasteiger partial charge in [0.05, 0.1) is 4.88 Å². The van der Waals surface area contributed by atoms with Gasteiger partial charge in [-0.05, 0) is 42.2 Å². The first-order valence-electron chi connectivity index (χ1n) is 7.35. The van der Waals surface area contributed by atoms with E-state index in [4.69, 9.17) is 4.74 Å². The van der Waals surface area contributed by atoms with E-state index >= 15 is 0 Å². The maximum Gasteiger partial charge on any atom is 0.329 e. The van der Waals surface area contributed by atoms with Crippen LogP contribution in [0.5, 0.6) is 0 Å². The summed E-state index contributed by atoms with van der Waals surface area (Å²) in [6, 6.07) is 0. The molecule has 0 aromatic carbocycles. The number of nitrogens with one attached hydrogen (secondary N) is 1. The third-order valence-corrected chi connectivity index (χ3v) is 5.49. The smallest absolute Gasteiger partial charge is 0.329 e. The summed E-state index contributed by atoms with van der Waals surface area (Å²) in [5.74, 6) is -1.21. The average Bonchev–Trinajstić information content (AvgIpc) is 2.92. The monoisotopic (exact) mass is 309 g/mol. The van der Waals surface area contributed by atoms with Crippen LogP contribution in [0.4, 0.5) is 0 Å². The summed E-state index contributed by atoms with van der Waals surface area (Å²) in [6.07, 6.45) is 4.86. The highest BCUT2D eigenvalue weighted by atomic mass is 32.1. The first-order chi connectivity index (χ1) is 10.1. The lowest BCUT2D eigenvalue weighted by Gasteiger charge is -2.33. The SMILES string of the molecule is O=C(NC1(C(=O)O)CCOCC1)c1scc2c1CCCC2. The second kappa shape index (κ2) is 5.77. The lowest BCUT2D eigenvalue weighted by molar-refractivity contribution is -0.148. The predicted molar refractivity (Wildman–Crippen MR) is 78.8 cm³/mol. The van der Waals surface area contributed by atoms with E-state index in [0.29, 0.717) is 30.9 Å². The van der Waals surface area contributed by atoms with Gasteiger partial charge in [0, 0.05) is 26.1 Å². The van der Waals surface area contributed by atoms with Crippen molar-refractivity contribution in [2.75, 3.05) is 13.2 Å². The Morgan fingerprint density at radius 1 is 1.24 bits per heavy atom. The summed E-state index contributed by atoms with van der Waals surface area (Å²) in [6.45, 7) is 0.740. The van der Waals surface area contributed by atoms with Crippen LogP contribution < -0.4 is 5.32 Å². The molecule has 2 N–H and O–H groups in total. The Hall–Kier alpha value is -1.40. The maximum absolute atomic E-state index is 12.6. The van der Waals surface area contributed by atoms with Crippen LogP contribution >= 0.6 is 11.3 Å².